The zero-order valence-corrected chi connectivity index (χ0v) is 26.0. The molecule has 3 saturated heterocycles. The molecule has 4 aromatic rings. The second-order valence-corrected chi connectivity index (χ2v) is 13.3. The van der Waals surface area contributed by atoms with Crippen molar-refractivity contribution in [2.75, 3.05) is 37.7 Å². The molecule has 1 unspecified atom stereocenters. The first-order valence-corrected chi connectivity index (χ1v) is 16.4. The molecule has 10 heteroatoms. The molecule has 0 radical (unpaired) electrons. The Kier molecular flexibility index (Phi) is 7.13. The van der Waals surface area contributed by atoms with Crippen LogP contribution in [0.3, 0.4) is 0 Å². The number of pyridine rings is 1. The van der Waals surface area contributed by atoms with E-state index in [1.807, 2.05) is 41.3 Å². The molecule has 0 N–H and O–H groups in total. The highest BCUT2D eigenvalue weighted by molar-refractivity contribution is 6.36. The summed E-state index contributed by atoms with van der Waals surface area (Å²) in [4.78, 5) is 33.5. The quantitative estimate of drug-likeness (QED) is 0.210. The van der Waals surface area contributed by atoms with E-state index < -0.39 is 5.82 Å². The number of anilines is 1. The molecular weight excluding hydrogens is 591 g/mol. The van der Waals surface area contributed by atoms with Crippen LogP contribution in [0, 0.1) is 5.82 Å². The van der Waals surface area contributed by atoms with Gasteiger partial charge in [0.1, 0.15) is 23.6 Å². The van der Waals surface area contributed by atoms with Crippen molar-refractivity contribution >= 4 is 45.0 Å². The van der Waals surface area contributed by atoms with Crippen LogP contribution in [0.25, 0.3) is 32.9 Å². The van der Waals surface area contributed by atoms with Gasteiger partial charge in [-0.25, -0.2) is 4.39 Å². The van der Waals surface area contributed by atoms with E-state index in [0.717, 1.165) is 68.8 Å². The fraction of sp³-hybridized carbons (Fsp3) is 0.429. The normalized spacial score (nSPS) is 21.0. The van der Waals surface area contributed by atoms with Gasteiger partial charge in [0.15, 0.2) is 5.82 Å². The molecule has 3 aliphatic heterocycles. The van der Waals surface area contributed by atoms with Gasteiger partial charge in [0, 0.05) is 41.3 Å². The van der Waals surface area contributed by atoms with Crippen molar-refractivity contribution in [2.45, 2.75) is 62.6 Å². The Balaban J connectivity index is 1.26. The van der Waals surface area contributed by atoms with Crippen molar-refractivity contribution in [3.63, 3.8) is 0 Å². The average Bonchev–Trinajstić information content (AvgIpc) is 3.42. The number of benzene rings is 2. The molecule has 5 heterocycles. The largest absolute Gasteiger partial charge is 0.461 e. The average molecular weight is 627 g/mol. The Hall–Kier alpha value is -3.82. The molecule has 1 saturated carbocycles. The lowest BCUT2D eigenvalue weighted by molar-refractivity contribution is -0.125. The SMILES string of the molecule is C=CC(=O)N1CCC(N(c2nc(OCC34CCCN3CCC4)nc3c(F)c(-c4cccc5cccc(Cl)c45)ncc23)C2CC2)C1. The van der Waals surface area contributed by atoms with E-state index in [-0.39, 0.29) is 40.8 Å². The smallest absolute Gasteiger partial charge is 0.319 e. The lowest BCUT2D eigenvalue weighted by atomic mass is 9.95. The van der Waals surface area contributed by atoms with Crippen molar-refractivity contribution in [3.05, 3.63) is 66.1 Å². The zero-order valence-electron chi connectivity index (χ0n) is 25.2. The van der Waals surface area contributed by atoms with Crippen molar-refractivity contribution in [1.29, 1.82) is 0 Å². The van der Waals surface area contributed by atoms with E-state index in [4.69, 9.17) is 26.3 Å². The van der Waals surface area contributed by atoms with Crippen molar-refractivity contribution < 1.29 is 13.9 Å². The Labute approximate surface area is 266 Å². The molecule has 0 bridgehead atoms. The number of carbonyl (C=O) groups is 1. The number of ether oxygens (including phenoxy) is 1. The second-order valence-electron chi connectivity index (χ2n) is 12.9. The summed E-state index contributed by atoms with van der Waals surface area (Å²) < 4.78 is 23.3. The molecule has 1 atom stereocenters. The summed E-state index contributed by atoms with van der Waals surface area (Å²) in [5.41, 5.74) is 0.974. The van der Waals surface area contributed by atoms with E-state index in [0.29, 0.717) is 41.5 Å². The third kappa shape index (κ3) is 4.91. The van der Waals surface area contributed by atoms with Crippen LogP contribution in [-0.2, 0) is 4.79 Å². The fourth-order valence-electron chi connectivity index (χ4n) is 7.92. The zero-order chi connectivity index (χ0) is 30.7. The number of aromatic nitrogens is 3. The number of nitrogens with zero attached hydrogens (tertiary/aromatic N) is 6. The summed E-state index contributed by atoms with van der Waals surface area (Å²) in [6.45, 7) is 7.52. The van der Waals surface area contributed by atoms with E-state index in [1.54, 1.807) is 6.20 Å². The molecule has 1 aliphatic carbocycles. The maximum absolute atomic E-state index is 16.9. The molecule has 4 fully saturated rings. The van der Waals surface area contributed by atoms with Crippen molar-refractivity contribution in [1.82, 2.24) is 24.8 Å². The number of hydrogen-bond donors (Lipinski definition) is 0. The Bertz CT molecular complexity index is 1810. The lowest BCUT2D eigenvalue weighted by Crippen LogP contribution is -2.43. The monoisotopic (exact) mass is 626 g/mol. The number of amides is 1. The summed E-state index contributed by atoms with van der Waals surface area (Å²) in [6.07, 6.45) is 10.3. The maximum Gasteiger partial charge on any atom is 0.319 e. The first-order valence-electron chi connectivity index (χ1n) is 16.1. The van der Waals surface area contributed by atoms with Crippen LogP contribution in [0.2, 0.25) is 5.02 Å². The minimum atomic E-state index is -0.527. The highest BCUT2D eigenvalue weighted by Crippen LogP contribution is 2.43. The van der Waals surface area contributed by atoms with Crippen LogP contribution < -0.4 is 9.64 Å². The molecular formula is C35H36ClFN6O2. The second kappa shape index (κ2) is 11.2. The Morgan fingerprint density at radius 1 is 1.09 bits per heavy atom. The van der Waals surface area contributed by atoms with Gasteiger partial charge in [0.25, 0.3) is 0 Å². The molecule has 1 amide bonds. The van der Waals surface area contributed by atoms with Gasteiger partial charge in [-0.15, -0.1) is 0 Å². The molecule has 4 aliphatic rings. The highest BCUT2D eigenvalue weighted by Gasteiger charge is 2.45. The topological polar surface area (TPSA) is 74.7 Å². The molecule has 8 rings (SSSR count). The number of likely N-dealkylation sites (tertiary alicyclic amines) is 1. The van der Waals surface area contributed by atoms with Gasteiger partial charge in [-0.3, -0.25) is 14.7 Å². The van der Waals surface area contributed by atoms with Gasteiger partial charge >= 0.3 is 6.01 Å². The predicted molar refractivity (Wildman–Crippen MR) is 174 cm³/mol. The molecule has 232 valence electrons. The number of carbonyl (C=O) groups excluding carboxylic acids is 1. The number of fused-ring (bicyclic) bond motifs is 3. The first kappa shape index (κ1) is 28.6. The van der Waals surface area contributed by atoms with E-state index in [1.165, 1.54) is 6.08 Å². The van der Waals surface area contributed by atoms with Gasteiger partial charge in [0.05, 0.1) is 17.0 Å². The highest BCUT2D eigenvalue weighted by atomic mass is 35.5. The van der Waals surface area contributed by atoms with E-state index >= 15 is 4.39 Å². The van der Waals surface area contributed by atoms with Crippen LogP contribution >= 0.6 is 11.6 Å². The molecule has 8 nitrogen and oxygen atoms in total. The fourth-order valence-corrected chi connectivity index (χ4v) is 8.20. The van der Waals surface area contributed by atoms with Gasteiger partial charge in [-0.1, -0.05) is 48.5 Å². The van der Waals surface area contributed by atoms with E-state index in [2.05, 4.69) is 21.4 Å². The summed E-state index contributed by atoms with van der Waals surface area (Å²) >= 11 is 6.64. The van der Waals surface area contributed by atoms with Crippen LogP contribution in [0.5, 0.6) is 6.01 Å². The standard InChI is InChI=1S/C35H36ClFN6O2/c1-2-28(44)41-18-13-24(20-41)43(23-11-12-23)33-26-19-38-31(25-9-3-7-22-8-4-10-27(36)29(22)25)30(37)32(26)39-34(40-33)45-21-35-14-5-16-42(35)17-6-15-35/h2-4,7-10,19,23-24H,1,5-6,11-18,20-21H2. The minimum absolute atomic E-state index is 0.00663. The number of hydrogen-bond acceptors (Lipinski definition) is 7. The summed E-state index contributed by atoms with van der Waals surface area (Å²) in [7, 11) is 0. The van der Waals surface area contributed by atoms with Crippen LogP contribution in [0.1, 0.15) is 44.9 Å². The van der Waals surface area contributed by atoms with Crippen molar-refractivity contribution in [2.24, 2.45) is 0 Å². The van der Waals surface area contributed by atoms with Crippen LogP contribution in [0.4, 0.5) is 10.2 Å². The van der Waals surface area contributed by atoms with Gasteiger partial charge in [-0.05, 0) is 75.6 Å². The number of rotatable bonds is 8. The van der Waals surface area contributed by atoms with E-state index in [9.17, 15) is 4.79 Å². The summed E-state index contributed by atoms with van der Waals surface area (Å²) in [5.74, 6) is 0.0185. The van der Waals surface area contributed by atoms with Gasteiger partial charge in [-0.2, -0.15) is 9.97 Å². The first-order chi connectivity index (χ1) is 22.0. The summed E-state index contributed by atoms with van der Waals surface area (Å²) in [5, 5.41) is 2.73. The molecule has 2 aromatic heterocycles. The maximum atomic E-state index is 16.9. The van der Waals surface area contributed by atoms with Crippen molar-refractivity contribution in [3.8, 4) is 17.3 Å². The lowest BCUT2D eigenvalue weighted by Gasteiger charge is -2.33. The van der Waals surface area contributed by atoms with Crippen LogP contribution in [0.15, 0.2) is 55.3 Å². The molecule has 2 aromatic carbocycles. The predicted octanol–water partition coefficient (Wildman–Crippen LogP) is 6.40. The minimum Gasteiger partial charge on any atom is -0.461 e. The van der Waals surface area contributed by atoms with Crippen LogP contribution in [-0.4, -0.2) is 81.1 Å². The molecule has 0 spiro atoms. The summed E-state index contributed by atoms with van der Waals surface area (Å²) in [6, 6.07) is 11.8. The number of halogens is 2. The third-order valence-electron chi connectivity index (χ3n) is 10.3. The van der Waals surface area contributed by atoms with Gasteiger partial charge in [0.2, 0.25) is 5.91 Å². The Morgan fingerprint density at radius 2 is 1.87 bits per heavy atom. The molecule has 45 heavy (non-hydrogen) atoms. The van der Waals surface area contributed by atoms with Gasteiger partial charge < -0.3 is 14.5 Å². The third-order valence-corrected chi connectivity index (χ3v) is 10.6. The Morgan fingerprint density at radius 3 is 2.62 bits per heavy atom.